The van der Waals surface area contributed by atoms with E-state index in [0.717, 1.165) is 29.3 Å². The zero-order chi connectivity index (χ0) is 15.5. The summed E-state index contributed by atoms with van der Waals surface area (Å²) in [6, 6.07) is 28.8. The van der Waals surface area contributed by atoms with Crippen LogP contribution in [-0.2, 0) is 6.54 Å². The Morgan fingerprint density at radius 1 is 0.739 bits per heavy atom. The summed E-state index contributed by atoms with van der Waals surface area (Å²) in [6.07, 6.45) is 0. The lowest BCUT2D eigenvalue weighted by Gasteiger charge is -2.25. The lowest BCUT2D eigenvalue weighted by atomic mass is 10.1. The van der Waals surface area contributed by atoms with E-state index in [1.807, 2.05) is 42.5 Å². The molecular formula is C20H17N3. The van der Waals surface area contributed by atoms with Gasteiger partial charge in [-0.1, -0.05) is 66.7 Å². The van der Waals surface area contributed by atoms with E-state index < -0.39 is 0 Å². The van der Waals surface area contributed by atoms with Gasteiger partial charge in [0.05, 0.1) is 17.9 Å². The number of amidine groups is 1. The van der Waals surface area contributed by atoms with Gasteiger partial charge in [0.15, 0.2) is 5.84 Å². The van der Waals surface area contributed by atoms with Crippen molar-refractivity contribution in [3.05, 3.63) is 96.1 Å². The van der Waals surface area contributed by atoms with Gasteiger partial charge in [-0.25, -0.2) is 4.99 Å². The molecule has 4 rings (SSSR count). The summed E-state index contributed by atoms with van der Waals surface area (Å²) in [6.45, 7) is 0.764. The number of nitrogens with zero attached hydrogens (tertiary/aromatic N) is 2. The molecule has 0 amide bonds. The van der Waals surface area contributed by atoms with Crippen molar-refractivity contribution >= 4 is 17.2 Å². The minimum atomic E-state index is 0.764. The zero-order valence-corrected chi connectivity index (χ0v) is 12.7. The van der Waals surface area contributed by atoms with E-state index >= 15 is 0 Å². The fourth-order valence-electron chi connectivity index (χ4n) is 2.73. The van der Waals surface area contributed by atoms with Crippen molar-refractivity contribution in [3.8, 4) is 0 Å². The summed E-state index contributed by atoms with van der Waals surface area (Å²) in [5.41, 5.74) is 7.89. The third-order valence-corrected chi connectivity index (χ3v) is 3.91. The molecule has 0 atom stereocenters. The molecule has 1 N–H and O–H groups in total. The lowest BCUT2D eigenvalue weighted by Crippen LogP contribution is -2.41. The van der Waals surface area contributed by atoms with Crippen LogP contribution >= 0.6 is 0 Å². The van der Waals surface area contributed by atoms with Crippen LogP contribution in [0, 0.1) is 0 Å². The van der Waals surface area contributed by atoms with Gasteiger partial charge in [0.2, 0.25) is 0 Å². The molecule has 1 aliphatic rings. The zero-order valence-electron chi connectivity index (χ0n) is 12.7. The van der Waals surface area contributed by atoms with Crippen LogP contribution in [0.25, 0.3) is 0 Å². The molecule has 3 aromatic rings. The average Bonchev–Trinajstić information content (AvgIpc) is 2.83. The van der Waals surface area contributed by atoms with Crippen LogP contribution in [0.5, 0.6) is 0 Å². The van der Waals surface area contributed by atoms with E-state index in [0.29, 0.717) is 0 Å². The highest BCUT2D eigenvalue weighted by atomic mass is 15.5. The summed E-state index contributed by atoms with van der Waals surface area (Å²) in [7, 11) is 0. The van der Waals surface area contributed by atoms with Crippen LogP contribution in [0.1, 0.15) is 11.1 Å². The molecule has 0 bridgehead atoms. The van der Waals surface area contributed by atoms with E-state index in [1.54, 1.807) is 0 Å². The first-order chi connectivity index (χ1) is 11.4. The van der Waals surface area contributed by atoms with Crippen molar-refractivity contribution < 1.29 is 0 Å². The second-order valence-electron chi connectivity index (χ2n) is 5.49. The largest absolute Gasteiger partial charge is 0.282 e. The summed E-state index contributed by atoms with van der Waals surface area (Å²) in [5.74, 6) is 0.861. The Hall–Kier alpha value is -3.07. The molecular weight excluding hydrogens is 282 g/mol. The Balaban J connectivity index is 1.81. The Morgan fingerprint density at radius 2 is 1.39 bits per heavy atom. The Labute approximate surface area is 135 Å². The van der Waals surface area contributed by atoms with Gasteiger partial charge in [0, 0.05) is 5.56 Å². The third-order valence-electron chi connectivity index (χ3n) is 3.91. The topological polar surface area (TPSA) is 27.6 Å². The second kappa shape index (κ2) is 5.97. The van der Waals surface area contributed by atoms with Crippen LogP contribution < -0.4 is 10.4 Å². The fourth-order valence-corrected chi connectivity index (χ4v) is 2.73. The monoisotopic (exact) mass is 299 g/mol. The van der Waals surface area contributed by atoms with Crippen LogP contribution in [0.2, 0.25) is 0 Å². The number of hydrazine groups is 1. The molecule has 112 valence electrons. The number of anilines is 1. The van der Waals surface area contributed by atoms with E-state index in [9.17, 15) is 0 Å². The van der Waals surface area contributed by atoms with Crippen molar-refractivity contribution in [1.82, 2.24) is 5.43 Å². The van der Waals surface area contributed by atoms with E-state index in [4.69, 9.17) is 4.99 Å². The molecule has 0 spiro atoms. The molecule has 0 radical (unpaired) electrons. The van der Waals surface area contributed by atoms with Crippen molar-refractivity contribution in [2.75, 3.05) is 5.01 Å². The number of benzene rings is 3. The minimum Gasteiger partial charge on any atom is -0.282 e. The highest BCUT2D eigenvalue weighted by Crippen LogP contribution is 2.26. The number of para-hydroxylation sites is 2. The molecule has 1 aliphatic heterocycles. The van der Waals surface area contributed by atoms with E-state index in [-0.39, 0.29) is 0 Å². The summed E-state index contributed by atoms with van der Waals surface area (Å²) < 4.78 is 0. The standard InChI is InChI=1S/C20H17N3/c1-3-9-16(10-4-1)20-21-19-14-8-7-11-17(19)15-23(22-20)18-12-5-2-6-13-18/h1-14H,15H2,(H,21,22). The molecule has 0 aliphatic carbocycles. The van der Waals surface area contributed by atoms with Crippen LogP contribution in [-0.4, -0.2) is 5.84 Å². The van der Waals surface area contributed by atoms with Gasteiger partial charge in [-0.15, -0.1) is 0 Å². The predicted octanol–water partition coefficient (Wildman–Crippen LogP) is 4.29. The van der Waals surface area contributed by atoms with Gasteiger partial charge in [-0.3, -0.25) is 10.4 Å². The highest BCUT2D eigenvalue weighted by Gasteiger charge is 2.17. The summed E-state index contributed by atoms with van der Waals surface area (Å²) in [4.78, 5) is 4.85. The maximum absolute atomic E-state index is 4.85. The van der Waals surface area contributed by atoms with Gasteiger partial charge in [0.25, 0.3) is 0 Å². The molecule has 0 fully saturated rings. The fraction of sp³-hybridized carbons (Fsp3) is 0.0500. The van der Waals surface area contributed by atoms with Crippen molar-refractivity contribution in [3.63, 3.8) is 0 Å². The first-order valence-corrected chi connectivity index (χ1v) is 7.71. The second-order valence-corrected chi connectivity index (χ2v) is 5.49. The summed E-state index contributed by atoms with van der Waals surface area (Å²) >= 11 is 0. The van der Waals surface area contributed by atoms with Gasteiger partial charge in [-0.05, 0) is 23.8 Å². The number of aliphatic imine (C=N–C) groups is 1. The Kier molecular flexibility index (Phi) is 3.53. The van der Waals surface area contributed by atoms with E-state index in [1.165, 1.54) is 5.56 Å². The van der Waals surface area contributed by atoms with Crippen LogP contribution in [0.3, 0.4) is 0 Å². The lowest BCUT2D eigenvalue weighted by molar-refractivity contribution is 0.774. The van der Waals surface area contributed by atoms with Gasteiger partial charge >= 0.3 is 0 Å². The molecule has 0 saturated heterocycles. The minimum absolute atomic E-state index is 0.764. The van der Waals surface area contributed by atoms with E-state index in [2.05, 4.69) is 52.9 Å². The van der Waals surface area contributed by atoms with Crippen LogP contribution in [0.15, 0.2) is 89.9 Å². The first-order valence-electron chi connectivity index (χ1n) is 7.71. The van der Waals surface area contributed by atoms with Crippen LogP contribution in [0.4, 0.5) is 11.4 Å². The molecule has 1 heterocycles. The molecule has 0 saturated carbocycles. The normalized spacial score (nSPS) is 13.6. The molecule has 0 aromatic heterocycles. The molecule has 3 aromatic carbocycles. The van der Waals surface area contributed by atoms with Gasteiger partial charge in [-0.2, -0.15) is 0 Å². The number of rotatable bonds is 2. The predicted molar refractivity (Wildman–Crippen MR) is 94.8 cm³/mol. The maximum atomic E-state index is 4.85. The quantitative estimate of drug-likeness (QED) is 0.764. The number of hydrogen-bond acceptors (Lipinski definition) is 3. The summed E-state index contributed by atoms with van der Waals surface area (Å²) in [5, 5.41) is 2.14. The third kappa shape index (κ3) is 2.81. The average molecular weight is 299 g/mol. The maximum Gasteiger partial charge on any atom is 0.152 e. The Morgan fingerprint density at radius 3 is 2.17 bits per heavy atom. The van der Waals surface area contributed by atoms with Gasteiger partial charge in [0.1, 0.15) is 0 Å². The molecule has 3 nitrogen and oxygen atoms in total. The number of hydrogen-bond donors (Lipinski definition) is 1. The van der Waals surface area contributed by atoms with Crippen molar-refractivity contribution in [2.45, 2.75) is 6.54 Å². The molecule has 3 heteroatoms. The van der Waals surface area contributed by atoms with Gasteiger partial charge < -0.3 is 0 Å². The Bertz CT molecular complexity index is 826. The number of fused-ring (bicyclic) bond motifs is 1. The van der Waals surface area contributed by atoms with Crippen molar-refractivity contribution in [2.24, 2.45) is 4.99 Å². The SMILES string of the molecule is c1ccc(C2=Nc3ccccc3CN(c3ccccc3)N2)cc1. The van der Waals surface area contributed by atoms with Crippen molar-refractivity contribution in [1.29, 1.82) is 0 Å². The smallest absolute Gasteiger partial charge is 0.152 e. The molecule has 0 unspecified atom stereocenters. The highest BCUT2D eigenvalue weighted by molar-refractivity contribution is 6.01. The number of nitrogens with one attached hydrogen (secondary N) is 1. The molecule has 23 heavy (non-hydrogen) atoms. The first kappa shape index (κ1) is 13.6.